The summed E-state index contributed by atoms with van der Waals surface area (Å²) in [5, 5.41) is 1.98. The van der Waals surface area contributed by atoms with Gasteiger partial charge >= 0.3 is 5.97 Å². The van der Waals surface area contributed by atoms with E-state index in [2.05, 4.69) is 5.32 Å². The highest BCUT2D eigenvalue weighted by atomic mass is 32.2. The molecule has 1 rings (SSSR count). The largest absolute Gasteiger partial charge is 0.455 e. The average Bonchev–Trinajstić information content (AvgIpc) is 2.52. The third kappa shape index (κ3) is 7.19. The van der Waals surface area contributed by atoms with Crippen molar-refractivity contribution < 1.29 is 19.1 Å². The Morgan fingerprint density at radius 2 is 1.83 bits per heavy atom. The molecular formula is C16H22N2O4S. The van der Waals surface area contributed by atoms with Crippen LogP contribution in [0.3, 0.4) is 0 Å². The summed E-state index contributed by atoms with van der Waals surface area (Å²) in [4.78, 5) is 37.0. The van der Waals surface area contributed by atoms with E-state index in [4.69, 9.17) is 4.74 Å². The average molecular weight is 338 g/mol. The molecule has 1 atom stereocenters. The second-order valence-corrected chi connectivity index (χ2v) is 6.66. The van der Waals surface area contributed by atoms with Crippen LogP contribution in [0.5, 0.6) is 0 Å². The monoisotopic (exact) mass is 338 g/mol. The van der Waals surface area contributed by atoms with Gasteiger partial charge in [0, 0.05) is 19.0 Å². The van der Waals surface area contributed by atoms with Crippen molar-refractivity contribution in [3.05, 3.63) is 29.8 Å². The molecule has 6 nitrogen and oxygen atoms in total. The Morgan fingerprint density at radius 3 is 2.39 bits per heavy atom. The maximum absolute atomic E-state index is 11.9. The van der Waals surface area contributed by atoms with Crippen molar-refractivity contribution in [2.24, 2.45) is 0 Å². The number of benzene rings is 1. The Labute approximate surface area is 140 Å². The molecule has 0 fully saturated rings. The number of aryl methyl sites for hydroxylation is 1. The van der Waals surface area contributed by atoms with E-state index in [-0.39, 0.29) is 12.5 Å². The van der Waals surface area contributed by atoms with Gasteiger partial charge in [-0.3, -0.25) is 14.4 Å². The van der Waals surface area contributed by atoms with Gasteiger partial charge in [0.2, 0.25) is 5.91 Å². The maximum atomic E-state index is 11.9. The molecule has 1 N–H and O–H groups in total. The van der Waals surface area contributed by atoms with Crippen molar-refractivity contribution in [2.75, 3.05) is 27.2 Å². The Hall–Kier alpha value is -2.02. The lowest BCUT2D eigenvalue weighted by Gasteiger charge is -2.13. The minimum absolute atomic E-state index is 0.114. The van der Waals surface area contributed by atoms with Crippen LogP contribution in [0.1, 0.15) is 12.5 Å². The fraction of sp³-hybridized carbons (Fsp3) is 0.438. The van der Waals surface area contributed by atoms with Crippen molar-refractivity contribution in [2.45, 2.75) is 24.0 Å². The Balaban J connectivity index is 2.33. The van der Waals surface area contributed by atoms with Gasteiger partial charge in [-0.2, -0.15) is 0 Å². The van der Waals surface area contributed by atoms with Crippen LogP contribution in [-0.2, 0) is 19.1 Å². The van der Waals surface area contributed by atoms with E-state index in [0.717, 1.165) is 10.5 Å². The highest BCUT2D eigenvalue weighted by Gasteiger charge is 2.17. The molecule has 0 radical (unpaired) electrons. The molecule has 1 aromatic carbocycles. The first-order chi connectivity index (χ1) is 10.8. The van der Waals surface area contributed by atoms with Crippen LogP contribution in [0.25, 0.3) is 0 Å². The summed E-state index contributed by atoms with van der Waals surface area (Å²) in [5.74, 6) is -1.20. The Bertz CT molecular complexity index is 558. The number of likely N-dealkylation sites (N-methyl/N-ethyl adjacent to an activating group) is 1. The minimum atomic E-state index is -0.499. The van der Waals surface area contributed by atoms with E-state index in [1.54, 1.807) is 21.0 Å². The fourth-order valence-electron chi connectivity index (χ4n) is 1.51. The van der Waals surface area contributed by atoms with Crippen LogP contribution in [0.15, 0.2) is 29.2 Å². The van der Waals surface area contributed by atoms with E-state index >= 15 is 0 Å². The summed E-state index contributed by atoms with van der Waals surface area (Å²) in [6.45, 7) is 3.21. The van der Waals surface area contributed by atoms with Gasteiger partial charge in [0.15, 0.2) is 6.61 Å². The third-order valence-electron chi connectivity index (χ3n) is 2.95. The first kappa shape index (κ1) is 19.0. The standard InChI is InChI=1S/C16H22N2O4S/c1-11-5-7-13(8-6-11)23-12(2)16(21)22-10-14(19)17-9-15(20)18(3)4/h5-8,12H,9-10H2,1-4H3,(H,17,19)/t12-/m0/s1. The van der Waals surface area contributed by atoms with Crippen LogP contribution in [0.2, 0.25) is 0 Å². The van der Waals surface area contributed by atoms with Crippen molar-refractivity contribution in [3.63, 3.8) is 0 Å². The second kappa shape index (κ2) is 9.19. The number of amides is 2. The smallest absolute Gasteiger partial charge is 0.319 e. The number of ether oxygens (including phenoxy) is 1. The summed E-state index contributed by atoms with van der Waals surface area (Å²) in [7, 11) is 3.19. The molecule has 0 aliphatic carbocycles. The van der Waals surface area contributed by atoms with Crippen molar-refractivity contribution >= 4 is 29.5 Å². The molecule has 2 amide bonds. The molecule has 23 heavy (non-hydrogen) atoms. The quantitative estimate of drug-likeness (QED) is 0.598. The number of esters is 1. The topological polar surface area (TPSA) is 75.7 Å². The molecule has 0 saturated heterocycles. The van der Waals surface area contributed by atoms with Crippen molar-refractivity contribution in [1.29, 1.82) is 0 Å². The fourth-order valence-corrected chi connectivity index (χ4v) is 2.37. The highest BCUT2D eigenvalue weighted by Crippen LogP contribution is 2.24. The van der Waals surface area contributed by atoms with E-state index < -0.39 is 23.7 Å². The molecule has 0 spiro atoms. The highest BCUT2D eigenvalue weighted by molar-refractivity contribution is 8.00. The summed E-state index contributed by atoms with van der Waals surface area (Å²) in [6.07, 6.45) is 0. The lowest BCUT2D eigenvalue weighted by Crippen LogP contribution is -2.38. The lowest BCUT2D eigenvalue weighted by atomic mass is 10.2. The molecule has 126 valence electrons. The van der Waals surface area contributed by atoms with E-state index in [9.17, 15) is 14.4 Å². The maximum Gasteiger partial charge on any atom is 0.319 e. The Morgan fingerprint density at radius 1 is 1.22 bits per heavy atom. The number of carbonyl (C=O) groups is 3. The summed E-state index contributed by atoms with van der Waals surface area (Å²) in [6, 6.07) is 7.80. The molecule has 1 aromatic rings. The van der Waals surface area contributed by atoms with Gasteiger partial charge in [-0.25, -0.2) is 0 Å². The normalized spacial score (nSPS) is 11.5. The first-order valence-corrected chi connectivity index (χ1v) is 8.04. The van der Waals surface area contributed by atoms with Gasteiger partial charge in [0.1, 0.15) is 5.25 Å². The van der Waals surface area contributed by atoms with Gasteiger partial charge in [0.05, 0.1) is 6.54 Å². The van der Waals surface area contributed by atoms with Crippen LogP contribution >= 0.6 is 11.8 Å². The van der Waals surface area contributed by atoms with E-state index in [1.807, 2.05) is 31.2 Å². The van der Waals surface area contributed by atoms with Gasteiger partial charge in [-0.1, -0.05) is 17.7 Å². The number of hydrogen-bond donors (Lipinski definition) is 1. The number of nitrogens with zero attached hydrogens (tertiary/aromatic N) is 1. The molecule has 0 saturated carbocycles. The van der Waals surface area contributed by atoms with Gasteiger partial charge < -0.3 is 15.0 Å². The van der Waals surface area contributed by atoms with Crippen molar-refractivity contribution in [3.8, 4) is 0 Å². The number of nitrogens with one attached hydrogen (secondary N) is 1. The van der Waals surface area contributed by atoms with Crippen LogP contribution in [0, 0.1) is 6.92 Å². The zero-order valence-corrected chi connectivity index (χ0v) is 14.6. The predicted molar refractivity (Wildman–Crippen MR) is 89.2 cm³/mol. The Kier molecular flexibility index (Phi) is 7.61. The molecule has 7 heteroatoms. The molecular weight excluding hydrogens is 316 g/mol. The second-order valence-electron chi connectivity index (χ2n) is 5.25. The SMILES string of the molecule is Cc1ccc(S[C@@H](C)C(=O)OCC(=O)NCC(=O)N(C)C)cc1. The van der Waals surface area contributed by atoms with Crippen LogP contribution in [0.4, 0.5) is 0 Å². The zero-order chi connectivity index (χ0) is 17.4. The number of thioether (sulfide) groups is 1. The third-order valence-corrected chi connectivity index (χ3v) is 4.04. The van der Waals surface area contributed by atoms with Crippen LogP contribution < -0.4 is 5.32 Å². The molecule has 0 bridgehead atoms. The summed E-state index contributed by atoms with van der Waals surface area (Å²) in [5.41, 5.74) is 1.15. The summed E-state index contributed by atoms with van der Waals surface area (Å²) < 4.78 is 4.96. The predicted octanol–water partition coefficient (Wildman–Crippen LogP) is 1.22. The van der Waals surface area contributed by atoms with Gasteiger partial charge in [0.25, 0.3) is 5.91 Å². The summed E-state index contributed by atoms with van der Waals surface area (Å²) >= 11 is 1.37. The molecule has 0 aromatic heterocycles. The number of carbonyl (C=O) groups excluding carboxylic acids is 3. The first-order valence-electron chi connectivity index (χ1n) is 7.16. The minimum Gasteiger partial charge on any atom is -0.455 e. The van der Waals surface area contributed by atoms with E-state index in [0.29, 0.717) is 0 Å². The number of rotatable bonds is 7. The van der Waals surface area contributed by atoms with Gasteiger partial charge in [-0.05, 0) is 26.0 Å². The van der Waals surface area contributed by atoms with Crippen molar-refractivity contribution in [1.82, 2.24) is 10.2 Å². The van der Waals surface area contributed by atoms with Crippen LogP contribution in [-0.4, -0.2) is 55.2 Å². The molecule has 0 heterocycles. The lowest BCUT2D eigenvalue weighted by molar-refractivity contribution is -0.147. The zero-order valence-electron chi connectivity index (χ0n) is 13.8. The molecule has 0 unspecified atom stereocenters. The van der Waals surface area contributed by atoms with E-state index in [1.165, 1.54) is 16.7 Å². The molecule has 0 aliphatic rings. The van der Waals surface area contributed by atoms with Gasteiger partial charge in [-0.15, -0.1) is 11.8 Å². The molecule has 0 aliphatic heterocycles. The number of hydrogen-bond acceptors (Lipinski definition) is 5.